The van der Waals surface area contributed by atoms with Gasteiger partial charge in [0, 0.05) is 11.8 Å². The number of anilines is 2. The zero-order valence-corrected chi connectivity index (χ0v) is 17.0. The Morgan fingerprint density at radius 1 is 1.21 bits per heavy atom. The first-order chi connectivity index (χ1) is 13.4. The van der Waals surface area contributed by atoms with Crippen molar-refractivity contribution in [1.29, 1.82) is 0 Å². The van der Waals surface area contributed by atoms with Crippen LogP contribution in [0.1, 0.15) is 13.3 Å². The quantitative estimate of drug-likeness (QED) is 0.547. The largest absolute Gasteiger partial charge is 0.492 e. The molecule has 0 radical (unpaired) electrons. The third kappa shape index (κ3) is 4.40. The third-order valence-electron chi connectivity index (χ3n) is 3.98. The number of carbonyl (C=O) groups excluding carboxylic acids is 1. The Morgan fingerprint density at radius 2 is 1.93 bits per heavy atom. The maximum absolute atomic E-state index is 13.1. The summed E-state index contributed by atoms with van der Waals surface area (Å²) in [5.41, 5.74) is 1.30. The second-order valence-electron chi connectivity index (χ2n) is 5.88. The molecule has 28 heavy (non-hydrogen) atoms. The number of rotatable bonds is 8. The predicted octanol–water partition coefficient (Wildman–Crippen LogP) is 4.31. The molecule has 8 heteroatoms. The van der Waals surface area contributed by atoms with Gasteiger partial charge in [-0.3, -0.25) is 9.69 Å². The Hall–Kier alpha value is -2.71. The number of carbonyl (C=O) groups is 1. The van der Waals surface area contributed by atoms with Crippen molar-refractivity contribution >= 4 is 48.1 Å². The molecule has 0 aliphatic rings. The molecule has 0 N–H and O–H groups in total. The van der Waals surface area contributed by atoms with Crippen LogP contribution in [-0.4, -0.2) is 31.7 Å². The first-order valence-corrected chi connectivity index (χ1v) is 11.2. The SMILES string of the molecule is C=CS(=O)(=O)CCC(=O)N(c1nc2ccccc2s1)c1ccccc1OCC. The monoisotopic (exact) mass is 416 g/mol. The van der Waals surface area contributed by atoms with E-state index in [0.717, 1.165) is 15.6 Å². The Bertz CT molecular complexity index is 1070. The van der Waals surface area contributed by atoms with Crippen LogP contribution in [0.3, 0.4) is 0 Å². The van der Waals surface area contributed by atoms with Gasteiger partial charge in [-0.2, -0.15) is 0 Å². The number of benzene rings is 2. The van der Waals surface area contributed by atoms with Gasteiger partial charge in [0.15, 0.2) is 15.0 Å². The lowest BCUT2D eigenvalue weighted by Gasteiger charge is -2.22. The summed E-state index contributed by atoms with van der Waals surface area (Å²) in [6.45, 7) is 5.59. The van der Waals surface area contributed by atoms with E-state index in [2.05, 4.69) is 11.6 Å². The molecule has 3 rings (SSSR count). The van der Waals surface area contributed by atoms with Crippen LogP contribution in [0, 0.1) is 0 Å². The summed E-state index contributed by atoms with van der Waals surface area (Å²) in [6.07, 6.45) is -0.190. The average molecular weight is 417 g/mol. The molecule has 0 fully saturated rings. The van der Waals surface area contributed by atoms with Crippen molar-refractivity contribution in [2.24, 2.45) is 0 Å². The molecule has 146 valence electrons. The molecule has 1 aromatic heterocycles. The number of ether oxygens (including phenoxy) is 1. The van der Waals surface area contributed by atoms with Crippen molar-refractivity contribution in [2.45, 2.75) is 13.3 Å². The minimum absolute atomic E-state index is 0.190. The van der Waals surface area contributed by atoms with Gasteiger partial charge in [0.2, 0.25) is 5.91 Å². The van der Waals surface area contributed by atoms with Crippen LogP contribution in [0.25, 0.3) is 10.2 Å². The molecule has 0 aliphatic heterocycles. The first kappa shape index (κ1) is 20.0. The van der Waals surface area contributed by atoms with E-state index in [1.165, 1.54) is 16.2 Å². The van der Waals surface area contributed by atoms with Gasteiger partial charge in [0.05, 0.1) is 28.3 Å². The van der Waals surface area contributed by atoms with Gasteiger partial charge in [-0.15, -0.1) is 0 Å². The summed E-state index contributed by atoms with van der Waals surface area (Å²) in [7, 11) is -3.49. The summed E-state index contributed by atoms with van der Waals surface area (Å²) < 4.78 is 30.2. The van der Waals surface area contributed by atoms with E-state index in [1.807, 2.05) is 37.3 Å². The van der Waals surface area contributed by atoms with Gasteiger partial charge < -0.3 is 4.74 Å². The van der Waals surface area contributed by atoms with E-state index in [1.54, 1.807) is 18.2 Å². The highest BCUT2D eigenvalue weighted by molar-refractivity contribution is 7.94. The van der Waals surface area contributed by atoms with E-state index in [4.69, 9.17) is 4.74 Å². The van der Waals surface area contributed by atoms with Gasteiger partial charge in [0.1, 0.15) is 5.75 Å². The van der Waals surface area contributed by atoms with Crippen LogP contribution < -0.4 is 9.64 Å². The van der Waals surface area contributed by atoms with E-state index in [-0.39, 0.29) is 18.1 Å². The van der Waals surface area contributed by atoms with Crippen molar-refractivity contribution in [1.82, 2.24) is 4.98 Å². The molecule has 1 amide bonds. The van der Waals surface area contributed by atoms with Crippen LogP contribution in [0.4, 0.5) is 10.8 Å². The number of sulfone groups is 1. The molecule has 0 saturated carbocycles. The standard InChI is InChI=1S/C20H20N2O4S2/c1-3-26-17-11-7-6-10-16(17)22(19(23)13-14-28(24,25)4-2)20-21-15-9-5-8-12-18(15)27-20/h4-12H,2-3,13-14H2,1H3. The van der Waals surface area contributed by atoms with Crippen molar-refractivity contribution in [3.8, 4) is 5.75 Å². The molecule has 3 aromatic rings. The summed E-state index contributed by atoms with van der Waals surface area (Å²) in [5, 5.41) is 1.34. The smallest absolute Gasteiger partial charge is 0.234 e. The Labute approximate surface area is 168 Å². The Kier molecular flexibility index (Phi) is 6.11. The van der Waals surface area contributed by atoms with Crippen LogP contribution in [0.15, 0.2) is 60.5 Å². The van der Waals surface area contributed by atoms with E-state index in [9.17, 15) is 13.2 Å². The molecule has 0 atom stereocenters. The highest BCUT2D eigenvalue weighted by Crippen LogP contribution is 2.38. The summed E-state index contributed by atoms with van der Waals surface area (Å²) in [5.74, 6) is -0.158. The average Bonchev–Trinajstić information content (AvgIpc) is 3.12. The Balaban J connectivity index is 2.06. The summed E-state index contributed by atoms with van der Waals surface area (Å²) in [6, 6.07) is 14.7. The minimum Gasteiger partial charge on any atom is -0.492 e. The van der Waals surface area contributed by atoms with Gasteiger partial charge in [0.25, 0.3) is 0 Å². The molecule has 0 bridgehead atoms. The zero-order valence-electron chi connectivity index (χ0n) is 15.4. The van der Waals surface area contributed by atoms with E-state index >= 15 is 0 Å². The fourth-order valence-corrected chi connectivity index (χ4v) is 4.27. The molecule has 1 heterocycles. The maximum atomic E-state index is 13.1. The predicted molar refractivity (Wildman–Crippen MR) is 113 cm³/mol. The zero-order chi connectivity index (χ0) is 20.1. The second kappa shape index (κ2) is 8.53. The third-order valence-corrected chi connectivity index (χ3v) is 6.29. The number of fused-ring (bicyclic) bond motifs is 1. The van der Waals surface area contributed by atoms with Crippen molar-refractivity contribution < 1.29 is 17.9 Å². The highest BCUT2D eigenvalue weighted by Gasteiger charge is 2.25. The molecule has 6 nitrogen and oxygen atoms in total. The van der Waals surface area contributed by atoms with Crippen LogP contribution in [0.2, 0.25) is 0 Å². The van der Waals surface area contributed by atoms with Crippen molar-refractivity contribution in [3.63, 3.8) is 0 Å². The molecule has 0 saturated heterocycles. The Morgan fingerprint density at radius 3 is 2.64 bits per heavy atom. The molecular formula is C20H20N2O4S2. The van der Waals surface area contributed by atoms with Crippen molar-refractivity contribution in [3.05, 3.63) is 60.5 Å². The number of amides is 1. The van der Waals surface area contributed by atoms with Gasteiger partial charge >= 0.3 is 0 Å². The lowest BCUT2D eigenvalue weighted by molar-refractivity contribution is -0.117. The van der Waals surface area contributed by atoms with Gasteiger partial charge in [-0.05, 0) is 31.2 Å². The number of aromatic nitrogens is 1. The number of para-hydroxylation sites is 3. The number of hydrogen-bond acceptors (Lipinski definition) is 6. The highest BCUT2D eigenvalue weighted by atomic mass is 32.2. The molecule has 0 unspecified atom stereocenters. The minimum atomic E-state index is -3.49. The normalized spacial score (nSPS) is 11.3. The number of nitrogens with zero attached hydrogens (tertiary/aromatic N) is 2. The van der Waals surface area contributed by atoms with Crippen molar-refractivity contribution in [2.75, 3.05) is 17.3 Å². The first-order valence-electron chi connectivity index (χ1n) is 8.70. The van der Waals surface area contributed by atoms with E-state index in [0.29, 0.717) is 23.2 Å². The molecule has 0 aliphatic carbocycles. The molecule has 2 aromatic carbocycles. The fraction of sp³-hybridized carbons (Fsp3) is 0.200. The second-order valence-corrected chi connectivity index (χ2v) is 8.95. The number of hydrogen-bond donors (Lipinski definition) is 0. The van der Waals surface area contributed by atoms with E-state index < -0.39 is 9.84 Å². The van der Waals surface area contributed by atoms with Crippen LogP contribution >= 0.6 is 11.3 Å². The summed E-state index contributed by atoms with van der Waals surface area (Å²) in [4.78, 5) is 19.1. The maximum Gasteiger partial charge on any atom is 0.234 e. The number of thiazole rings is 1. The summed E-state index contributed by atoms with van der Waals surface area (Å²) >= 11 is 1.36. The van der Waals surface area contributed by atoms with Gasteiger partial charge in [-0.25, -0.2) is 13.4 Å². The lowest BCUT2D eigenvalue weighted by atomic mass is 10.2. The van der Waals surface area contributed by atoms with Gasteiger partial charge in [-0.1, -0.05) is 42.2 Å². The molecular weight excluding hydrogens is 396 g/mol. The topological polar surface area (TPSA) is 76.6 Å². The lowest BCUT2D eigenvalue weighted by Crippen LogP contribution is -2.28. The molecule has 0 spiro atoms. The van der Waals surface area contributed by atoms with Crippen LogP contribution in [0.5, 0.6) is 5.75 Å². The fourth-order valence-electron chi connectivity index (χ4n) is 2.64. The van der Waals surface area contributed by atoms with Crippen LogP contribution in [-0.2, 0) is 14.6 Å².